The van der Waals surface area contributed by atoms with E-state index in [9.17, 15) is 14.0 Å². The summed E-state index contributed by atoms with van der Waals surface area (Å²) in [6, 6.07) is 6.33. The first-order chi connectivity index (χ1) is 11.3. The van der Waals surface area contributed by atoms with E-state index in [1.165, 1.54) is 12.1 Å². The SMILES string of the molecule is CCN(CC(=O)NC(C)C)CC(=O)N(CC)Cc1cccc(F)c1. The van der Waals surface area contributed by atoms with E-state index in [0.29, 0.717) is 19.6 Å². The zero-order valence-electron chi connectivity index (χ0n) is 15.0. The van der Waals surface area contributed by atoms with E-state index in [4.69, 9.17) is 0 Å². The van der Waals surface area contributed by atoms with Crippen molar-refractivity contribution in [2.45, 2.75) is 40.3 Å². The molecule has 6 heteroatoms. The third-order valence-corrected chi connectivity index (χ3v) is 3.62. The maximum atomic E-state index is 13.3. The smallest absolute Gasteiger partial charge is 0.237 e. The van der Waals surface area contributed by atoms with Crippen molar-refractivity contribution in [3.05, 3.63) is 35.6 Å². The molecule has 0 saturated carbocycles. The van der Waals surface area contributed by atoms with Crippen LogP contribution in [0.15, 0.2) is 24.3 Å². The van der Waals surface area contributed by atoms with Crippen LogP contribution in [0, 0.1) is 5.82 Å². The van der Waals surface area contributed by atoms with Crippen LogP contribution in [-0.2, 0) is 16.1 Å². The molecule has 1 aromatic carbocycles. The number of nitrogens with zero attached hydrogens (tertiary/aromatic N) is 2. The fraction of sp³-hybridized carbons (Fsp3) is 0.556. The number of rotatable bonds is 9. The molecule has 0 aromatic heterocycles. The second kappa shape index (κ2) is 10.0. The first kappa shape index (κ1) is 20.1. The lowest BCUT2D eigenvalue weighted by Gasteiger charge is -2.26. The van der Waals surface area contributed by atoms with Gasteiger partial charge in [0.2, 0.25) is 11.8 Å². The first-order valence-electron chi connectivity index (χ1n) is 8.39. The molecule has 0 fully saturated rings. The minimum Gasteiger partial charge on any atom is -0.353 e. The van der Waals surface area contributed by atoms with E-state index in [2.05, 4.69) is 5.32 Å². The summed E-state index contributed by atoms with van der Waals surface area (Å²) in [5.74, 6) is -0.467. The summed E-state index contributed by atoms with van der Waals surface area (Å²) in [5.41, 5.74) is 0.755. The molecule has 2 amide bonds. The van der Waals surface area contributed by atoms with Crippen molar-refractivity contribution in [2.24, 2.45) is 0 Å². The molecule has 1 rings (SSSR count). The topological polar surface area (TPSA) is 52.7 Å². The Bertz CT molecular complexity index is 549. The third kappa shape index (κ3) is 7.08. The van der Waals surface area contributed by atoms with Crippen molar-refractivity contribution >= 4 is 11.8 Å². The molecule has 0 aliphatic carbocycles. The number of benzene rings is 1. The van der Waals surface area contributed by atoms with Gasteiger partial charge in [0.1, 0.15) is 5.82 Å². The van der Waals surface area contributed by atoms with Gasteiger partial charge in [0.15, 0.2) is 0 Å². The van der Waals surface area contributed by atoms with Crippen LogP contribution in [0.5, 0.6) is 0 Å². The summed E-state index contributed by atoms with van der Waals surface area (Å²) in [4.78, 5) is 27.8. The molecule has 0 aliphatic rings. The Balaban J connectivity index is 2.62. The number of amides is 2. The second-order valence-electron chi connectivity index (χ2n) is 6.06. The van der Waals surface area contributed by atoms with E-state index < -0.39 is 0 Å². The molecule has 0 bridgehead atoms. The molecule has 5 nitrogen and oxygen atoms in total. The average Bonchev–Trinajstić information content (AvgIpc) is 2.51. The Morgan fingerprint density at radius 3 is 2.42 bits per heavy atom. The highest BCUT2D eigenvalue weighted by atomic mass is 19.1. The highest BCUT2D eigenvalue weighted by molar-refractivity contribution is 5.81. The molecule has 0 radical (unpaired) electrons. The molecule has 0 unspecified atom stereocenters. The van der Waals surface area contributed by atoms with Gasteiger partial charge in [-0.25, -0.2) is 4.39 Å². The summed E-state index contributed by atoms with van der Waals surface area (Å²) in [6.07, 6.45) is 0. The standard InChI is InChI=1S/C18H28FN3O2/c1-5-21(12-17(23)20-14(3)4)13-18(24)22(6-2)11-15-8-7-9-16(19)10-15/h7-10,14H,5-6,11-13H2,1-4H3,(H,20,23). The number of carbonyl (C=O) groups excluding carboxylic acids is 2. The zero-order chi connectivity index (χ0) is 18.1. The molecular formula is C18H28FN3O2. The van der Waals surface area contributed by atoms with Crippen LogP contribution in [0.3, 0.4) is 0 Å². The Hall–Kier alpha value is -1.95. The van der Waals surface area contributed by atoms with E-state index >= 15 is 0 Å². The monoisotopic (exact) mass is 337 g/mol. The summed E-state index contributed by atoms with van der Waals surface area (Å²) in [5, 5.41) is 2.82. The largest absolute Gasteiger partial charge is 0.353 e. The van der Waals surface area contributed by atoms with Crippen LogP contribution in [-0.4, -0.2) is 53.8 Å². The molecular weight excluding hydrogens is 309 g/mol. The lowest BCUT2D eigenvalue weighted by molar-refractivity contribution is -0.133. The first-order valence-corrected chi connectivity index (χ1v) is 8.39. The number of hydrogen-bond donors (Lipinski definition) is 1. The third-order valence-electron chi connectivity index (χ3n) is 3.62. The van der Waals surface area contributed by atoms with Gasteiger partial charge in [-0.3, -0.25) is 14.5 Å². The van der Waals surface area contributed by atoms with Crippen molar-refractivity contribution in [2.75, 3.05) is 26.2 Å². The zero-order valence-corrected chi connectivity index (χ0v) is 15.0. The molecule has 1 N–H and O–H groups in total. The Kier molecular flexibility index (Phi) is 8.40. The van der Waals surface area contributed by atoms with Crippen molar-refractivity contribution in [3.63, 3.8) is 0 Å². The number of halogens is 1. The minimum atomic E-state index is -0.309. The molecule has 0 heterocycles. The maximum absolute atomic E-state index is 13.3. The van der Waals surface area contributed by atoms with Crippen molar-refractivity contribution in [3.8, 4) is 0 Å². The summed E-state index contributed by atoms with van der Waals surface area (Å²) in [7, 11) is 0. The molecule has 0 spiro atoms. The Morgan fingerprint density at radius 1 is 1.17 bits per heavy atom. The number of likely N-dealkylation sites (N-methyl/N-ethyl adjacent to an activating group) is 2. The van der Waals surface area contributed by atoms with Crippen molar-refractivity contribution in [1.82, 2.24) is 15.1 Å². The summed E-state index contributed by atoms with van der Waals surface area (Å²) in [6.45, 7) is 9.47. The van der Waals surface area contributed by atoms with Crippen LogP contribution in [0.4, 0.5) is 4.39 Å². The normalized spacial score (nSPS) is 11.0. The Labute approximate surface area is 143 Å². The lowest BCUT2D eigenvalue weighted by atomic mass is 10.2. The van der Waals surface area contributed by atoms with Gasteiger partial charge in [0, 0.05) is 19.1 Å². The van der Waals surface area contributed by atoms with Gasteiger partial charge in [-0.15, -0.1) is 0 Å². The average molecular weight is 337 g/mol. The van der Waals surface area contributed by atoms with Gasteiger partial charge in [0.25, 0.3) is 0 Å². The maximum Gasteiger partial charge on any atom is 0.237 e. The summed E-state index contributed by atoms with van der Waals surface area (Å²) < 4.78 is 13.3. The fourth-order valence-corrected chi connectivity index (χ4v) is 2.37. The second-order valence-corrected chi connectivity index (χ2v) is 6.06. The fourth-order valence-electron chi connectivity index (χ4n) is 2.37. The van der Waals surface area contributed by atoms with E-state index in [1.54, 1.807) is 21.9 Å². The van der Waals surface area contributed by atoms with Gasteiger partial charge in [-0.1, -0.05) is 19.1 Å². The van der Waals surface area contributed by atoms with E-state index in [1.807, 2.05) is 27.7 Å². The van der Waals surface area contributed by atoms with Gasteiger partial charge in [-0.2, -0.15) is 0 Å². The lowest BCUT2D eigenvalue weighted by Crippen LogP contribution is -2.45. The quantitative estimate of drug-likeness (QED) is 0.750. The van der Waals surface area contributed by atoms with Gasteiger partial charge in [-0.05, 0) is 45.0 Å². The highest BCUT2D eigenvalue weighted by Crippen LogP contribution is 2.08. The molecule has 0 aliphatic heterocycles. The molecule has 24 heavy (non-hydrogen) atoms. The van der Waals surface area contributed by atoms with Crippen LogP contribution in [0.2, 0.25) is 0 Å². The number of carbonyl (C=O) groups is 2. The van der Waals surface area contributed by atoms with Crippen molar-refractivity contribution < 1.29 is 14.0 Å². The predicted octanol–water partition coefficient (Wildman–Crippen LogP) is 2.02. The molecule has 1 aromatic rings. The van der Waals surface area contributed by atoms with E-state index in [-0.39, 0.29) is 36.8 Å². The summed E-state index contributed by atoms with van der Waals surface area (Å²) >= 11 is 0. The van der Waals surface area contributed by atoms with E-state index in [0.717, 1.165) is 5.56 Å². The minimum absolute atomic E-state index is 0.0686. The van der Waals surface area contributed by atoms with Crippen LogP contribution >= 0.6 is 0 Å². The van der Waals surface area contributed by atoms with Crippen LogP contribution in [0.25, 0.3) is 0 Å². The predicted molar refractivity (Wildman–Crippen MR) is 92.9 cm³/mol. The molecule has 0 atom stereocenters. The number of hydrogen-bond acceptors (Lipinski definition) is 3. The number of nitrogens with one attached hydrogen (secondary N) is 1. The van der Waals surface area contributed by atoms with Gasteiger partial charge in [0.05, 0.1) is 13.1 Å². The highest BCUT2D eigenvalue weighted by Gasteiger charge is 2.18. The van der Waals surface area contributed by atoms with Crippen molar-refractivity contribution in [1.29, 1.82) is 0 Å². The van der Waals surface area contributed by atoms with Crippen LogP contribution < -0.4 is 5.32 Å². The van der Waals surface area contributed by atoms with Crippen LogP contribution in [0.1, 0.15) is 33.3 Å². The van der Waals surface area contributed by atoms with Gasteiger partial charge < -0.3 is 10.2 Å². The molecule has 0 saturated heterocycles. The van der Waals surface area contributed by atoms with Gasteiger partial charge >= 0.3 is 0 Å². The Morgan fingerprint density at radius 2 is 1.88 bits per heavy atom. The molecule has 134 valence electrons.